The molecule has 0 aliphatic rings. The van der Waals surface area contributed by atoms with Gasteiger partial charge < -0.3 is 10.1 Å². The molecule has 0 spiro atoms. The highest BCUT2D eigenvalue weighted by Gasteiger charge is 2.06. The predicted molar refractivity (Wildman–Crippen MR) is 80.7 cm³/mol. The summed E-state index contributed by atoms with van der Waals surface area (Å²) < 4.78 is 28.1. The van der Waals surface area contributed by atoms with E-state index in [4.69, 9.17) is 4.74 Å². The lowest BCUT2D eigenvalue weighted by Gasteiger charge is -2.07. The molecule has 0 atom stereocenters. The Kier molecular flexibility index (Phi) is 7.54. The maximum atomic E-state index is 11.3. The minimum Gasteiger partial charge on any atom is -0.492 e. The number of pyridine rings is 1. The number of hydrogen-bond donors (Lipinski definition) is 1. The number of rotatable bonds is 10. The van der Waals surface area contributed by atoms with Crippen LogP contribution in [0.3, 0.4) is 0 Å². The number of sulfone groups is 1. The Morgan fingerprint density at radius 1 is 1.30 bits per heavy atom. The molecule has 1 aromatic rings. The fourth-order valence-electron chi connectivity index (χ4n) is 1.61. The van der Waals surface area contributed by atoms with Crippen LogP contribution >= 0.6 is 0 Å². The molecule has 0 radical (unpaired) electrons. The van der Waals surface area contributed by atoms with Crippen molar-refractivity contribution in [3.05, 3.63) is 24.0 Å². The lowest BCUT2D eigenvalue weighted by Crippen LogP contribution is -2.14. The molecule has 1 heterocycles. The number of nitrogens with one attached hydrogen (secondary N) is 1. The Morgan fingerprint density at radius 3 is 2.70 bits per heavy atom. The molecule has 0 unspecified atom stereocenters. The maximum Gasteiger partial charge on any atom is 0.150 e. The van der Waals surface area contributed by atoms with Crippen molar-refractivity contribution in [2.45, 2.75) is 33.2 Å². The summed E-state index contributed by atoms with van der Waals surface area (Å²) in [5, 5.41) is 3.28. The number of hydrogen-bond acceptors (Lipinski definition) is 5. The van der Waals surface area contributed by atoms with Crippen LogP contribution in [0.4, 0.5) is 0 Å². The normalized spacial score (nSPS) is 11.5. The molecule has 0 fully saturated rings. The summed E-state index contributed by atoms with van der Waals surface area (Å²) in [6.45, 7) is 5.91. The van der Waals surface area contributed by atoms with Gasteiger partial charge in [-0.15, -0.1) is 0 Å². The molecule has 0 bridgehead atoms. The van der Waals surface area contributed by atoms with Gasteiger partial charge in [-0.25, -0.2) is 8.42 Å². The average molecular weight is 300 g/mol. The monoisotopic (exact) mass is 300 g/mol. The minimum absolute atomic E-state index is 0.177. The Morgan fingerprint density at radius 2 is 2.10 bits per heavy atom. The molecule has 1 aromatic heterocycles. The van der Waals surface area contributed by atoms with Crippen LogP contribution in [0.5, 0.6) is 5.75 Å². The van der Waals surface area contributed by atoms with E-state index in [9.17, 15) is 8.42 Å². The van der Waals surface area contributed by atoms with Gasteiger partial charge in [0.15, 0.2) is 0 Å². The summed E-state index contributed by atoms with van der Waals surface area (Å²) in [5.74, 6) is 1.04. The maximum absolute atomic E-state index is 11.3. The molecule has 1 N–H and O–H groups in total. The van der Waals surface area contributed by atoms with Gasteiger partial charge in [0.25, 0.3) is 0 Å². The second kappa shape index (κ2) is 8.92. The van der Waals surface area contributed by atoms with Crippen LogP contribution in [0.2, 0.25) is 0 Å². The van der Waals surface area contributed by atoms with E-state index in [0.717, 1.165) is 25.2 Å². The van der Waals surface area contributed by atoms with Crippen molar-refractivity contribution >= 4 is 9.84 Å². The largest absolute Gasteiger partial charge is 0.492 e. The standard InChI is InChI=1S/C14H24N2O3S/c1-3-8-15-11-13-6-7-14(12-16-13)19-9-5-10-20(17,18)4-2/h6-7,12,15H,3-5,8-11H2,1-2H3. The van der Waals surface area contributed by atoms with E-state index >= 15 is 0 Å². The third-order valence-corrected chi connectivity index (χ3v) is 4.63. The molecule has 20 heavy (non-hydrogen) atoms. The van der Waals surface area contributed by atoms with Crippen LogP contribution in [0.1, 0.15) is 32.4 Å². The molecule has 6 heteroatoms. The Labute approximate surface area is 121 Å². The first-order valence-corrected chi connectivity index (χ1v) is 8.88. The Balaban J connectivity index is 2.28. The number of ether oxygens (including phenoxy) is 1. The van der Waals surface area contributed by atoms with Crippen LogP contribution in [0, 0.1) is 0 Å². The van der Waals surface area contributed by atoms with Crippen molar-refractivity contribution in [1.29, 1.82) is 0 Å². The molecule has 114 valence electrons. The summed E-state index contributed by atoms with van der Waals surface area (Å²) in [5.41, 5.74) is 0.972. The first-order chi connectivity index (χ1) is 9.57. The molecule has 0 amide bonds. The van der Waals surface area contributed by atoms with Gasteiger partial charge in [-0.1, -0.05) is 13.8 Å². The van der Waals surface area contributed by atoms with Crippen molar-refractivity contribution in [3.63, 3.8) is 0 Å². The van der Waals surface area contributed by atoms with Crippen LogP contribution < -0.4 is 10.1 Å². The topological polar surface area (TPSA) is 68.3 Å². The van der Waals surface area contributed by atoms with Crippen molar-refractivity contribution in [1.82, 2.24) is 10.3 Å². The highest BCUT2D eigenvalue weighted by atomic mass is 32.2. The average Bonchev–Trinajstić information content (AvgIpc) is 2.45. The molecule has 0 aliphatic carbocycles. The molecule has 5 nitrogen and oxygen atoms in total. The van der Waals surface area contributed by atoms with E-state index in [1.54, 1.807) is 13.1 Å². The molecule has 0 aromatic carbocycles. The van der Waals surface area contributed by atoms with Gasteiger partial charge in [0.05, 0.1) is 24.3 Å². The van der Waals surface area contributed by atoms with Crippen molar-refractivity contribution in [3.8, 4) is 5.75 Å². The van der Waals surface area contributed by atoms with Crippen molar-refractivity contribution in [2.24, 2.45) is 0 Å². The molecule has 0 saturated heterocycles. The second-order valence-electron chi connectivity index (χ2n) is 4.60. The van der Waals surface area contributed by atoms with Gasteiger partial charge in [-0.05, 0) is 31.5 Å². The van der Waals surface area contributed by atoms with E-state index in [-0.39, 0.29) is 11.5 Å². The van der Waals surface area contributed by atoms with Crippen molar-refractivity contribution in [2.75, 3.05) is 24.7 Å². The van der Waals surface area contributed by atoms with Crippen LogP contribution in [0.25, 0.3) is 0 Å². The molecule has 1 rings (SSSR count). The number of aromatic nitrogens is 1. The van der Waals surface area contributed by atoms with Crippen LogP contribution in [-0.4, -0.2) is 38.1 Å². The SMILES string of the molecule is CCCNCc1ccc(OCCCS(=O)(=O)CC)cn1. The highest BCUT2D eigenvalue weighted by molar-refractivity contribution is 7.91. The second-order valence-corrected chi connectivity index (χ2v) is 7.07. The fraction of sp³-hybridized carbons (Fsp3) is 0.643. The quantitative estimate of drug-likeness (QED) is 0.667. The van der Waals surface area contributed by atoms with E-state index in [2.05, 4.69) is 17.2 Å². The molecular formula is C14H24N2O3S. The van der Waals surface area contributed by atoms with Gasteiger partial charge in [0.2, 0.25) is 0 Å². The zero-order valence-corrected chi connectivity index (χ0v) is 13.1. The Bertz CT molecular complexity index is 472. The zero-order valence-electron chi connectivity index (χ0n) is 12.3. The van der Waals surface area contributed by atoms with Gasteiger partial charge >= 0.3 is 0 Å². The van der Waals surface area contributed by atoms with E-state index in [0.29, 0.717) is 18.8 Å². The fourth-order valence-corrected chi connectivity index (χ4v) is 2.45. The highest BCUT2D eigenvalue weighted by Crippen LogP contribution is 2.09. The van der Waals surface area contributed by atoms with Gasteiger partial charge in [-0.3, -0.25) is 4.98 Å². The number of nitrogens with zero attached hydrogens (tertiary/aromatic N) is 1. The lowest BCUT2D eigenvalue weighted by atomic mass is 10.3. The minimum atomic E-state index is -2.90. The van der Waals surface area contributed by atoms with Gasteiger partial charge in [0.1, 0.15) is 15.6 Å². The Hall–Kier alpha value is -1.14. The summed E-state index contributed by atoms with van der Waals surface area (Å²) in [6, 6.07) is 3.78. The van der Waals surface area contributed by atoms with Crippen LogP contribution in [0.15, 0.2) is 18.3 Å². The molecule has 0 aliphatic heterocycles. The summed E-state index contributed by atoms with van der Waals surface area (Å²) in [4.78, 5) is 4.29. The summed E-state index contributed by atoms with van der Waals surface area (Å²) >= 11 is 0. The van der Waals surface area contributed by atoms with E-state index in [1.165, 1.54) is 0 Å². The van der Waals surface area contributed by atoms with Crippen LogP contribution in [-0.2, 0) is 16.4 Å². The van der Waals surface area contributed by atoms with E-state index in [1.807, 2.05) is 12.1 Å². The first kappa shape index (κ1) is 16.9. The summed E-state index contributed by atoms with van der Waals surface area (Å²) in [6.07, 6.45) is 3.29. The smallest absolute Gasteiger partial charge is 0.150 e. The van der Waals surface area contributed by atoms with Gasteiger partial charge in [-0.2, -0.15) is 0 Å². The lowest BCUT2D eigenvalue weighted by molar-refractivity contribution is 0.316. The molecular weight excluding hydrogens is 276 g/mol. The van der Waals surface area contributed by atoms with Gasteiger partial charge in [0, 0.05) is 12.3 Å². The van der Waals surface area contributed by atoms with Crippen molar-refractivity contribution < 1.29 is 13.2 Å². The first-order valence-electron chi connectivity index (χ1n) is 7.06. The molecule has 0 saturated carbocycles. The predicted octanol–water partition coefficient (Wildman–Crippen LogP) is 1.78. The third kappa shape index (κ3) is 6.86. The third-order valence-electron chi connectivity index (χ3n) is 2.84. The van der Waals surface area contributed by atoms with E-state index < -0.39 is 9.84 Å². The summed E-state index contributed by atoms with van der Waals surface area (Å²) in [7, 11) is -2.90. The zero-order chi connectivity index (χ0) is 14.8.